The molecule has 0 bridgehead atoms. The molecular weight excluding hydrogens is 358 g/mol. The molecule has 1 aromatic carbocycles. The Morgan fingerprint density at radius 3 is 2.54 bits per heavy atom. The van der Waals surface area contributed by atoms with Crippen LogP contribution in [0.25, 0.3) is 0 Å². The van der Waals surface area contributed by atoms with E-state index in [1.54, 1.807) is 36.2 Å². The van der Waals surface area contributed by atoms with E-state index >= 15 is 0 Å². The van der Waals surface area contributed by atoms with Gasteiger partial charge < -0.3 is 14.7 Å². The van der Waals surface area contributed by atoms with Gasteiger partial charge in [0.15, 0.2) is 0 Å². The lowest BCUT2D eigenvalue weighted by Crippen LogP contribution is -2.49. The Labute approximate surface area is 163 Å². The number of carbonyl (C=O) groups excluding carboxylic acids is 2. The lowest BCUT2D eigenvalue weighted by atomic mass is 9.96. The van der Waals surface area contributed by atoms with Gasteiger partial charge in [-0.3, -0.25) is 14.4 Å². The second kappa shape index (κ2) is 7.10. The van der Waals surface area contributed by atoms with E-state index in [4.69, 9.17) is 0 Å². The smallest absolute Gasteiger partial charge is 0.268 e. The van der Waals surface area contributed by atoms with E-state index < -0.39 is 5.92 Å². The Hall–Kier alpha value is -3.16. The zero-order chi connectivity index (χ0) is 19.8. The third-order valence-electron chi connectivity index (χ3n) is 5.63. The van der Waals surface area contributed by atoms with Crippen LogP contribution in [-0.2, 0) is 16.6 Å². The highest BCUT2D eigenvalue weighted by Crippen LogP contribution is 2.38. The first-order valence-corrected chi connectivity index (χ1v) is 9.38. The topological polar surface area (TPSA) is 78.8 Å². The first-order chi connectivity index (χ1) is 13.5. The van der Waals surface area contributed by atoms with Crippen molar-refractivity contribution in [2.24, 2.45) is 7.05 Å². The number of amides is 2. The number of anilines is 2. The average molecular weight is 381 g/mol. The van der Waals surface area contributed by atoms with Gasteiger partial charge in [0.05, 0.1) is 17.8 Å². The molecule has 1 saturated heterocycles. The van der Waals surface area contributed by atoms with E-state index in [9.17, 15) is 14.4 Å². The number of nitrogens with zero attached hydrogens (tertiary/aromatic N) is 5. The predicted molar refractivity (Wildman–Crippen MR) is 105 cm³/mol. The molecule has 28 heavy (non-hydrogen) atoms. The summed E-state index contributed by atoms with van der Waals surface area (Å²) in [6.07, 6.45) is 1.86. The number of para-hydroxylation sites is 1. The van der Waals surface area contributed by atoms with E-state index in [-0.39, 0.29) is 23.8 Å². The molecule has 0 saturated carbocycles. The van der Waals surface area contributed by atoms with E-state index in [0.717, 1.165) is 16.9 Å². The standard InChI is InChI=1S/C20H23N5O3/c1-22-17-6-4-3-5-15(17)16(20(22)28)12-19(27)25-9-7-24(8-10-25)14-11-18(26)23(2)21-13-14/h3-6,11,13,16H,7-10,12H2,1-2H3. The highest BCUT2D eigenvalue weighted by molar-refractivity contribution is 6.06. The minimum Gasteiger partial charge on any atom is -0.367 e. The van der Waals surface area contributed by atoms with Gasteiger partial charge in [0.2, 0.25) is 11.8 Å². The van der Waals surface area contributed by atoms with Gasteiger partial charge in [0, 0.05) is 58.4 Å². The fraction of sp³-hybridized carbons (Fsp3) is 0.400. The van der Waals surface area contributed by atoms with Crippen LogP contribution in [0.3, 0.4) is 0 Å². The number of fused-ring (bicyclic) bond motifs is 1. The van der Waals surface area contributed by atoms with Crippen LogP contribution in [0.2, 0.25) is 0 Å². The molecule has 8 heteroatoms. The van der Waals surface area contributed by atoms with Crippen molar-refractivity contribution < 1.29 is 9.59 Å². The Morgan fingerprint density at radius 2 is 1.82 bits per heavy atom. The Morgan fingerprint density at radius 1 is 1.11 bits per heavy atom. The number of rotatable bonds is 3. The molecule has 1 atom stereocenters. The molecule has 0 N–H and O–H groups in total. The third-order valence-corrected chi connectivity index (χ3v) is 5.63. The summed E-state index contributed by atoms with van der Waals surface area (Å²) in [6, 6.07) is 9.20. The van der Waals surface area contributed by atoms with Crippen LogP contribution >= 0.6 is 0 Å². The quantitative estimate of drug-likeness (QED) is 0.777. The monoisotopic (exact) mass is 381 g/mol. The fourth-order valence-electron chi connectivity index (χ4n) is 3.92. The normalized spacial score (nSPS) is 19.1. The van der Waals surface area contributed by atoms with Crippen molar-refractivity contribution in [1.29, 1.82) is 0 Å². The molecule has 2 amide bonds. The first-order valence-electron chi connectivity index (χ1n) is 9.38. The second-order valence-corrected chi connectivity index (χ2v) is 7.26. The molecule has 1 unspecified atom stereocenters. The van der Waals surface area contributed by atoms with Crippen molar-refractivity contribution in [3.05, 3.63) is 52.4 Å². The van der Waals surface area contributed by atoms with Crippen molar-refractivity contribution in [3.8, 4) is 0 Å². The molecule has 2 aliphatic rings. The SMILES string of the molecule is CN1C(=O)C(CC(=O)N2CCN(c3cnn(C)c(=O)c3)CC2)c2ccccc21. The zero-order valence-corrected chi connectivity index (χ0v) is 16.0. The Bertz CT molecular complexity index is 978. The Balaban J connectivity index is 1.40. The largest absolute Gasteiger partial charge is 0.367 e. The van der Waals surface area contributed by atoms with Crippen molar-refractivity contribution >= 4 is 23.2 Å². The molecule has 0 aliphatic carbocycles. The maximum absolute atomic E-state index is 12.8. The predicted octanol–water partition coefficient (Wildman–Crippen LogP) is 0.579. The molecule has 0 spiro atoms. The van der Waals surface area contributed by atoms with Crippen molar-refractivity contribution in [3.63, 3.8) is 0 Å². The molecule has 4 rings (SSSR count). The zero-order valence-electron chi connectivity index (χ0n) is 16.0. The highest BCUT2D eigenvalue weighted by Gasteiger charge is 2.37. The van der Waals surface area contributed by atoms with Crippen LogP contribution in [-0.4, -0.2) is 59.7 Å². The minimum absolute atomic E-state index is 0.00907. The molecule has 1 fully saturated rings. The van der Waals surface area contributed by atoms with Gasteiger partial charge in [-0.1, -0.05) is 18.2 Å². The summed E-state index contributed by atoms with van der Waals surface area (Å²) in [5.74, 6) is -0.447. The molecule has 2 aliphatic heterocycles. The first kappa shape index (κ1) is 18.2. The van der Waals surface area contributed by atoms with Crippen LogP contribution in [0.4, 0.5) is 11.4 Å². The molecule has 146 valence electrons. The van der Waals surface area contributed by atoms with Crippen molar-refractivity contribution in [2.75, 3.05) is 43.0 Å². The third kappa shape index (κ3) is 3.15. The molecule has 1 aromatic heterocycles. The summed E-state index contributed by atoms with van der Waals surface area (Å²) in [6.45, 7) is 2.39. The van der Waals surface area contributed by atoms with Gasteiger partial charge in [-0.05, 0) is 11.6 Å². The van der Waals surface area contributed by atoms with Crippen LogP contribution in [0.1, 0.15) is 17.9 Å². The van der Waals surface area contributed by atoms with Gasteiger partial charge in [-0.25, -0.2) is 4.68 Å². The van der Waals surface area contributed by atoms with E-state index in [0.29, 0.717) is 26.2 Å². The average Bonchev–Trinajstić information content (AvgIpc) is 2.95. The summed E-state index contributed by atoms with van der Waals surface area (Å²) < 4.78 is 1.29. The Kier molecular flexibility index (Phi) is 4.62. The number of carbonyl (C=O) groups is 2. The summed E-state index contributed by atoms with van der Waals surface area (Å²) in [5, 5.41) is 4.05. The maximum Gasteiger partial charge on any atom is 0.268 e. The number of piperazine rings is 1. The molecule has 8 nitrogen and oxygen atoms in total. The van der Waals surface area contributed by atoms with Gasteiger partial charge in [-0.15, -0.1) is 0 Å². The minimum atomic E-state index is -0.409. The second-order valence-electron chi connectivity index (χ2n) is 7.26. The van der Waals surface area contributed by atoms with E-state index in [1.165, 1.54) is 4.68 Å². The van der Waals surface area contributed by atoms with Crippen LogP contribution in [0.5, 0.6) is 0 Å². The lowest BCUT2D eigenvalue weighted by Gasteiger charge is -2.36. The van der Waals surface area contributed by atoms with Crippen molar-refractivity contribution in [2.45, 2.75) is 12.3 Å². The highest BCUT2D eigenvalue weighted by atomic mass is 16.2. The van der Waals surface area contributed by atoms with Crippen molar-refractivity contribution in [1.82, 2.24) is 14.7 Å². The number of benzene rings is 1. The number of hydrogen-bond acceptors (Lipinski definition) is 5. The molecule has 0 radical (unpaired) electrons. The van der Waals surface area contributed by atoms with Gasteiger partial charge >= 0.3 is 0 Å². The van der Waals surface area contributed by atoms with Crippen LogP contribution in [0.15, 0.2) is 41.3 Å². The maximum atomic E-state index is 12.8. The fourth-order valence-corrected chi connectivity index (χ4v) is 3.92. The lowest BCUT2D eigenvalue weighted by molar-refractivity contribution is -0.134. The summed E-state index contributed by atoms with van der Waals surface area (Å²) in [7, 11) is 3.37. The van der Waals surface area contributed by atoms with Gasteiger partial charge in [0.1, 0.15) is 0 Å². The molecular formula is C20H23N5O3. The summed E-state index contributed by atoms with van der Waals surface area (Å²) >= 11 is 0. The van der Waals surface area contributed by atoms with Gasteiger partial charge in [0.25, 0.3) is 5.56 Å². The number of aromatic nitrogens is 2. The van der Waals surface area contributed by atoms with E-state index in [2.05, 4.69) is 10.00 Å². The molecule has 2 aromatic rings. The number of likely N-dealkylation sites (N-methyl/N-ethyl adjacent to an activating group) is 1. The summed E-state index contributed by atoms with van der Waals surface area (Å²) in [4.78, 5) is 42.7. The molecule has 3 heterocycles. The van der Waals surface area contributed by atoms with E-state index in [1.807, 2.05) is 24.3 Å². The van der Waals surface area contributed by atoms with Crippen LogP contribution < -0.4 is 15.4 Å². The number of aryl methyl sites for hydroxylation is 1. The van der Waals surface area contributed by atoms with Crippen LogP contribution in [0, 0.1) is 0 Å². The number of hydrogen-bond donors (Lipinski definition) is 0. The van der Waals surface area contributed by atoms with Gasteiger partial charge in [-0.2, -0.15) is 5.10 Å². The summed E-state index contributed by atoms with van der Waals surface area (Å²) in [5.41, 5.74) is 2.43.